The maximum Gasteiger partial charge on any atom is 0.123 e. The van der Waals surface area contributed by atoms with E-state index >= 15 is 0 Å². The molecule has 1 fully saturated rings. The lowest BCUT2D eigenvalue weighted by atomic mass is 10.0. The van der Waals surface area contributed by atoms with Crippen LogP contribution < -0.4 is 5.73 Å². The Morgan fingerprint density at radius 2 is 2.06 bits per heavy atom. The molecule has 2 atom stereocenters. The zero-order valence-corrected chi connectivity index (χ0v) is 9.70. The summed E-state index contributed by atoms with van der Waals surface area (Å²) in [4.78, 5) is 2.40. The fraction of sp³-hybridized carbons (Fsp3) is 0.538. The molecule has 16 heavy (non-hydrogen) atoms. The summed E-state index contributed by atoms with van der Waals surface area (Å²) >= 11 is 0. The van der Waals surface area contributed by atoms with E-state index in [1.54, 1.807) is 0 Å². The Morgan fingerprint density at radius 1 is 1.38 bits per heavy atom. The number of benzene rings is 1. The molecule has 0 aliphatic carbocycles. The molecule has 1 aliphatic rings. The highest BCUT2D eigenvalue weighted by atomic mass is 19.1. The van der Waals surface area contributed by atoms with E-state index in [1.165, 1.54) is 12.1 Å². The van der Waals surface area contributed by atoms with E-state index in [4.69, 9.17) is 5.73 Å². The lowest BCUT2D eigenvalue weighted by Crippen LogP contribution is -2.32. The minimum atomic E-state index is -0.183. The van der Waals surface area contributed by atoms with Crippen molar-refractivity contribution in [3.63, 3.8) is 0 Å². The van der Waals surface area contributed by atoms with Gasteiger partial charge in [0.15, 0.2) is 0 Å². The zero-order chi connectivity index (χ0) is 11.5. The molecule has 0 aromatic heterocycles. The highest BCUT2D eigenvalue weighted by molar-refractivity contribution is 5.23. The second kappa shape index (κ2) is 4.93. The SMILES string of the molecule is CCCN1CC[C@H](N)[C@H]1c1ccc(F)cc1. The van der Waals surface area contributed by atoms with Crippen LogP contribution in [0.15, 0.2) is 24.3 Å². The monoisotopic (exact) mass is 222 g/mol. The molecule has 0 amide bonds. The van der Waals surface area contributed by atoms with Crippen molar-refractivity contribution >= 4 is 0 Å². The number of nitrogens with zero attached hydrogens (tertiary/aromatic N) is 1. The van der Waals surface area contributed by atoms with E-state index in [2.05, 4.69) is 11.8 Å². The van der Waals surface area contributed by atoms with Crippen LogP contribution in [-0.2, 0) is 0 Å². The van der Waals surface area contributed by atoms with Crippen LogP contribution >= 0.6 is 0 Å². The van der Waals surface area contributed by atoms with Gasteiger partial charge in [0.25, 0.3) is 0 Å². The van der Waals surface area contributed by atoms with E-state index in [-0.39, 0.29) is 17.9 Å². The van der Waals surface area contributed by atoms with Crippen molar-refractivity contribution in [3.8, 4) is 0 Å². The number of nitrogens with two attached hydrogens (primary N) is 1. The third kappa shape index (κ3) is 2.25. The van der Waals surface area contributed by atoms with E-state index in [1.807, 2.05) is 12.1 Å². The van der Waals surface area contributed by atoms with Crippen LogP contribution in [0, 0.1) is 5.82 Å². The summed E-state index contributed by atoms with van der Waals surface area (Å²) in [5.74, 6) is -0.183. The number of halogens is 1. The van der Waals surface area contributed by atoms with Gasteiger partial charge in [0.05, 0.1) is 0 Å². The molecule has 2 nitrogen and oxygen atoms in total. The zero-order valence-electron chi connectivity index (χ0n) is 9.70. The summed E-state index contributed by atoms with van der Waals surface area (Å²) in [6.45, 7) is 4.29. The lowest BCUT2D eigenvalue weighted by molar-refractivity contribution is 0.248. The molecule has 0 saturated carbocycles. The molecule has 2 N–H and O–H groups in total. The van der Waals surface area contributed by atoms with Crippen molar-refractivity contribution in [2.24, 2.45) is 5.73 Å². The van der Waals surface area contributed by atoms with Crippen molar-refractivity contribution in [2.75, 3.05) is 13.1 Å². The topological polar surface area (TPSA) is 29.3 Å². The van der Waals surface area contributed by atoms with Gasteiger partial charge in [0, 0.05) is 18.6 Å². The molecule has 0 radical (unpaired) electrons. The van der Waals surface area contributed by atoms with E-state index < -0.39 is 0 Å². The maximum absolute atomic E-state index is 12.9. The molecule has 3 heteroatoms. The number of rotatable bonds is 3. The van der Waals surface area contributed by atoms with Crippen molar-refractivity contribution in [1.82, 2.24) is 4.90 Å². The molecule has 2 rings (SSSR count). The summed E-state index contributed by atoms with van der Waals surface area (Å²) in [5, 5.41) is 0. The van der Waals surface area contributed by atoms with Crippen LogP contribution in [0.2, 0.25) is 0 Å². The van der Waals surface area contributed by atoms with Crippen molar-refractivity contribution in [3.05, 3.63) is 35.6 Å². The Balaban J connectivity index is 2.19. The largest absolute Gasteiger partial charge is 0.326 e. The number of hydrogen-bond donors (Lipinski definition) is 1. The molecule has 1 heterocycles. The van der Waals surface area contributed by atoms with Crippen LogP contribution in [0.3, 0.4) is 0 Å². The Hall–Kier alpha value is -0.930. The van der Waals surface area contributed by atoms with Gasteiger partial charge in [0.1, 0.15) is 5.82 Å². The summed E-state index contributed by atoms with van der Waals surface area (Å²) in [5.41, 5.74) is 7.27. The second-order valence-electron chi connectivity index (χ2n) is 4.48. The second-order valence-corrected chi connectivity index (χ2v) is 4.48. The molecule has 0 unspecified atom stereocenters. The van der Waals surface area contributed by atoms with Crippen LogP contribution in [0.1, 0.15) is 31.4 Å². The fourth-order valence-electron chi connectivity index (χ4n) is 2.54. The van der Waals surface area contributed by atoms with Gasteiger partial charge >= 0.3 is 0 Å². The molecular formula is C13H19FN2. The predicted molar refractivity (Wildman–Crippen MR) is 63.6 cm³/mol. The first kappa shape index (κ1) is 11.6. The Labute approximate surface area is 96.2 Å². The Morgan fingerprint density at radius 3 is 2.69 bits per heavy atom. The van der Waals surface area contributed by atoms with Crippen LogP contribution in [0.5, 0.6) is 0 Å². The Bertz CT molecular complexity index is 334. The lowest BCUT2D eigenvalue weighted by Gasteiger charge is -2.26. The molecule has 1 aromatic rings. The summed E-state index contributed by atoms with van der Waals surface area (Å²) in [6, 6.07) is 7.19. The molecule has 0 bridgehead atoms. The van der Waals surface area contributed by atoms with Crippen molar-refractivity contribution < 1.29 is 4.39 Å². The number of likely N-dealkylation sites (tertiary alicyclic amines) is 1. The minimum absolute atomic E-state index is 0.178. The van der Waals surface area contributed by atoms with Crippen LogP contribution in [-0.4, -0.2) is 24.0 Å². The highest BCUT2D eigenvalue weighted by Crippen LogP contribution is 2.31. The van der Waals surface area contributed by atoms with Crippen molar-refractivity contribution in [1.29, 1.82) is 0 Å². The van der Waals surface area contributed by atoms with Gasteiger partial charge in [-0.05, 0) is 37.1 Å². The first-order valence-corrected chi connectivity index (χ1v) is 5.97. The smallest absolute Gasteiger partial charge is 0.123 e. The average Bonchev–Trinajstić information content (AvgIpc) is 2.62. The predicted octanol–water partition coefficient (Wildman–Crippen LogP) is 2.31. The van der Waals surface area contributed by atoms with Gasteiger partial charge in [-0.1, -0.05) is 19.1 Å². The average molecular weight is 222 g/mol. The summed E-state index contributed by atoms with van der Waals surface area (Å²) in [7, 11) is 0. The van der Waals surface area contributed by atoms with Gasteiger partial charge in [-0.3, -0.25) is 4.90 Å². The third-order valence-corrected chi connectivity index (χ3v) is 3.27. The molecule has 1 saturated heterocycles. The first-order valence-electron chi connectivity index (χ1n) is 5.97. The summed E-state index contributed by atoms with van der Waals surface area (Å²) < 4.78 is 12.9. The fourth-order valence-corrected chi connectivity index (χ4v) is 2.54. The quantitative estimate of drug-likeness (QED) is 0.850. The van der Waals surface area contributed by atoms with Gasteiger partial charge in [0.2, 0.25) is 0 Å². The first-order chi connectivity index (χ1) is 7.72. The van der Waals surface area contributed by atoms with E-state index in [9.17, 15) is 4.39 Å². The Kier molecular flexibility index (Phi) is 3.56. The maximum atomic E-state index is 12.9. The highest BCUT2D eigenvalue weighted by Gasteiger charge is 2.31. The van der Waals surface area contributed by atoms with Gasteiger partial charge < -0.3 is 5.73 Å². The molecule has 0 spiro atoms. The van der Waals surface area contributed by atoms with Crippen molar-refractivity contribution in [2.45, 2.75) is 31.8 Å². The van der Waals surface area contributed by atoms with Crippen LogP contribution in [0.4, 0.5) is 4.39 Å². The molecular weight excluding hydrogens is 203 g/mol. The molecule has 1 aromatic carbocycles. The molecule has 1 aliphatic heterocycles. The van der Waals surface area contributed by atoms with Gasteiger partial charge in [-0.2, -0.15) is 0 Å². The summed E-state index contributed by atoms with van der Waals surface area (Å²) in [6.07, 6.45) is 2.16. The van der Waals surface area contributed by atoms with E-state index in [0.29, 0.717) is 0 Å². The standard InChI is InChI=1S/C13H19FN2/c1-2-8-16-9-7-12(15)13(16)10-3-5-11(14)6-4-10/h3-6,12-13H,2,7-9,15H2,1H3/t12-,13+/m0/s1. The third-order valence-electron chi connectivity index (χ3n) is 3.27. The minimum Gasteiger partial charge on any atom is -0.326 e. The van der Waals surface area contributed by atoms with Gasteiger partial charge in [-0.15, -0.1) is 0 Å². The van der Waals surface area contributed by atoms with Crippen LogP contribution in [0.25, 0.3) is 0 Å². The molecule has 88 valence electrons. The number of hydrogen-bond acceptors (Lipinski definition) is 2. The normalized spacial score (nSPS) is 26.2. The van der Waals surface area contributed by atoms with E-state index in [0.717, 1.165) is 31.5 Å². The van der Waals surface area contributed by atoms with Gasteiger partial charge in [-0.25, -0.2) is 4.39 Å².